The summed E-state index contributed by atoms with van der Waals surface area (Å²) in [5.74, 6) is 0.0507. The summed E-state index contributed by atoms with van der Waals surface area (Å²) in [4.78, 5) is 29.5. The molecule has 2 heterocycles. The Kier molecular flexibility index (Phi) is 6.05. The predicted octanol–water partition coefficient (Wildman–Crippen LogP) is 2.49. The fourth-order valence-electron chi connectivity index (χ4n) is 4.58. The molecule has 0 atom stereocenters. The third-order valence-corrected chi connectivity index (χ3v) is 6.26. The second-order valence-corrected chi connectivity index (χ2v) is 8.03. The molecule has 1 aromatic carbocycles. The van der Waals surface area contributed by atoms with E-state index in [0.717, 1.165) is 49.9 Å². The maximum Gasteiger partial charge on any atom is 0.243 e. The van der Waals surface area contributed by atoms with Crippen LogP contribution < -0.4 is 0 Å². The number of amides is 2. The zero-order chi connectivity index (χ0) is 19.3. The second kappa shape index (κ2) is 8.86. The minimum atomic E-state index is -0.0520. The molecule has 150 valence electrons. The van der Waals surface area contributed by atoms with Gasteiger partial charge in [0.15, 0.2) is 0 Å². The van der Waals surface area contributed by atoms with Crippen LogP contribution in [0.2, 0.25) is 0 Å². The van der Waals surface area contributed by atoms with Crippen LogP contribution >= 0.6 is 0 Å². The topological polar surface area (TPSA) is 56.2 Å². The Morgan fingerprint density at radius 3 is 2.29 bits per heavy atom. The summed E-state index contributed by atoms with van der Waals surface area (Å²) in [5, 5.41) is 6.01. The number of piperazine rings is 1. The van der Waals surface area contributed by atoms with E-state index in [4.69, 9.17) is 0 Å². The Morgan fingerprint density at radius 1 is 0.893 bits per heavy atom. The third kappa shape index (κ3) is 4.43. The number of nitrogens with zero attached hydrogens (tertiary/aromatic N) is 4. The molecule has 0 aromatic heterocycles. The number of benzene rings is 1. The Bertz CT molecular complexity index is 719. The van der Waals surface area contributed by atoms with Crippen molar-refractivity contribution in [3.63, 3.8) is 0 Å². The molecule has 3 aliphatic rings. The van der Waals surface area contributed by atoms with E-state index in [0.29, 0.717) is 6.54 Å². The average molecular weight is 383 g/mol. The van der Waals surface area contributed by atoms with Gasteiger partial charge in [-0.25, -0.2) is 5.01 Å². The van der Waals surface area contributed by atoms with Crippen LogP contribution in [-0.2, 0) is 9.59 Å². The normalized spacial score (nSPS) is 21.2. The highest BCUT2D eigenvalue weighted by atomic mass is 16.2. The first-order chi connectivity index (χ1) is 13.7. The molecular weight excluding hydrogens is 352 g/mol. The van der Waals surface area contributed by atoms with E-state index in [2.05, 4.69) is 10.0 Å². The van der Waals surface area contributed by atoms with Crippen LogP contribution in [0.25, 0.3) is 0 Å². The van der Waals surface area contributed by atoms with E-state index in [1.165, 1.54) is 30.7 Å². The summed E-state index contributed by atoms with van der Waals surface area (Å²) >= 11 is 0. The molecule has 2 aliphatic heterocycles. The van der Waals surface area contributed by atoms with E-state index < -0.39 is 0 Å². The van der Waals surface area contributed by atoms with Gasteiger partial charge in [0, 0.05) is 51.5 Å². The van der Waals surface area contributed by atoms with Gasteiger partial charge in [0.1, 0.15) is 0 Å². The van der Waals surface area contributed by atoms with Gasteiger partial charge in [-0.05, 0) is 18.4 Å². The molecule has 0 N–H and O–H groups in total. The molecule has 1 saturated carbocycles. The monoisotopic (exact) mass is 382 g/mol. The Labute approximate surface area is 167 Å². The SMILES string of the molecule is O=C(CCC(=O)N1CCC(c2ccccc2)=N1)N1CCN(C2CCCC2)CC1. The molecule has 4 rings (SSSR count). The summed E-state index contributed by atoms with van der Waals surface area (Å²) in [6.45, 7) is 4.15. The van der Waals surface area contributed by atoms with Crippen molar-refractivity contribution in [3.05, 3.63) is 35.9 Å². The lowest BCUT2D eigenvalue weighted by atomic mass is 10.1. The minimum absolute atomic E-state index is 0.0520. The minimum Gasteiger partial charge on any atom is -0.340 e. The van der Waals surface area contributed by atoms with Crippen LogP contribution in [0.4, 0.5) is 0 Å². The van der Waals surface area contributed by atoms with E-state index in [1.807, 2.05) is 35.2 Å². The maximum atomic E-state index is 12.5. The highest BCUT2D eigenvalue weighted by Gasteiger charge is 2.28. The molecule has 0 unspecified atom stereocenters. The molecule has 2 fully saturated rings. The van der Waals surface area contributed by atoms with E-state index in [-0.39, 0.29) is 24.7 Å². The largest absolute Gasteiger partial charge is 0.340 e. The average Bonchev–Trinajstić information content (AvgIpc) is 3.45. The van der Waals surface area contributed by atoms with Gasteiger partial charge in [-0.1, -0.05) is 43.2 Å². The molecule has 2 amide bonds. The number of hydrogen-bond donors (Lipinski definition) is 0. The molecule has 0 bridgehead atoms. The molecular formula is C22H30N4O2. The Balaban J connectivity index is 1.22. The van der Waals surface area contributed by atoms with Crippen LogP contribution in [-0.4, -0.2) is 71.1 Å². The fraction of sp³-hybridized carbons (Fsp3) is 0.591. The first-order valence-corrected chi connectivity index (χ1v) is 10.7. The van der Waals surface area contributed by atoms with Crippen molar-refractivity contribution >= 4 is 17.5 Å². The van der Waals surface area contributed by atoms with Crippen molar-refractivity contribution in [2.75, 3.05) is 32.7 Å². The molecule has 0 radical (unpaired) electrons. The van der Waals surface area contributed by atoms with E-state index >= 15 is 0 Å². The van der Waals surface area contributed by atoms with Crippen molar-refractivity contribution < 1.29 is 9.59 Å². The summed E-state index contributed by atoms with van der Waals surface area (Å²) < 4.78 is 0. The van der Waals surface area contributed by atoms with E-state index in [9.17, 15) is 9.59 Å². The van der Waals surface area contributed by atoms with Gasteiger partial charge in [0.2, 0.25) is 11.8 Å². The standard InChI is InChI=1S/C22H30N4O2/c27-21(25-16-14-24(15-17-25)19-8-4-5-9-19)10-11-22(28)26-13-12-20(23-26)18-6-2-1-3-7-18/h1-3,6-7,19H,4-5,8-17H2. The molecule has 1 aromatic rings. The molecule has 6 heteroatoms. The number of hydrazone groups is 1. The molecule has 1 saturated heterocycles. The molecule has 0 spiro atoms. The van der Waals surface area contributed by atoms with E-state index in [1.54, 1.807) is 0 Å². The van der Waals surface area contributed by atoms with Crippen LogP contribution in [0.3, 0.4) is 0 Å². The molecule has 28 heavy (non-hydrogen) atoms. The highest BCUT2D eigenvalue weighted by molar-refractivity contribution is 6.02. The van der Waals surface area contributed by atoms with Crippen molar-refractivity contribution in [3.8, 4) is 0 Å². The second-order valence-electron chi connectivity index (χ2n) is 8.03. The quantitative estimate of drug-likeness (QED) is 0.786. The Morgan fingerprint density at radius 2 is 1.57 bits per heavy atom. The lowest BCUT2D eigenvalue weighted by Crippen LogP contribution is -2.51. The van der Waals surface area contributed by atoms with Crippen molar-refractivity contribution in [2.24, 2.45) is 5.10 Å². The smallest absolute Gasteiger partial charge is 0.243 e. The van der Waals surface area contributed by atoms with Gasteiger partial charge in [0.25, 0.3) is 0 Å². The Hall–Kier alpha value is -2.21. The van der Waals surface area contributed by atoms with Crippen LogP contribution in [0.15, 0.2) is 35.4 Å². The predicted molar refractivity (Wildman–Crippen MR) is 109 cm³/mol. The van der Waals surface area contributed by atoms with Gasteiger partial charge in [-0.15, -0.1) is 0 Å². The van der Waals surface area contributed by atoms with Crippen LogP contribution in [0.5, 0.6) is 0 Å². The van der Waals surface area contributed by atoms with Gasteiger partial charge >= 0.3 is 0 Å². The zero-order valence-corrected chi connectivity index (χ0v) is 16.6. The maximum absolute atomic E-state index is 12.5. The first-order valence-electron chi connectivity index (χ1n) is 10.7. The fourth-order valence-corrected chi connectivity index (χ4v) is 4.58. The summed E-state index contributed by atoms with van der Waals surface area (Å²) in [7, 11) is 0. The number of carbonyl (C=O) groups excluding carboxylic acids is 2. The molecule has 6 nitrogen and oxygen atoms in total. The lowest BCUT2D eigenvalue weighted by Gasteiger charge is -2.38. The highest BCUT2D eigenvalue weighted by Crippen LogP contribution is 2.24. The lowest BCUT2D eigenvalue weighted by molar-refractivity contribution is -0.138. The van der Waals surface area contributed by atoms with Crippen molar-refractivity contribution in [1.29, 1.82) is 0 Å². The third-order valence-electron chi connectivity index (χ3n) is 6.26. The number of hydrogen-bond acceptors (Lipinski definition) is 4. The van der Waals surface area contributed by atoms with Crippen LogP contribution in [0, 0.1) is 0 Å². The van der Waals surface area contributed by atoms with Crippen molar-refractivity contribution in [1.82, 2.24) is 14.8 Å². The number of carbonyl (C=O) groups is 2. The van der Waals surface area contributed by atoms with Gasteiger partial charge in [-0.3, -0.25) is 14.5 Å². The number of rotatable bonds is 5. The summed E-state index contributed by atoms with van der Waals surface area (Å²) in [6, 6.07) is 10.7. The van der Waals surface area contributed by atoms with Gasteiger partial charge in [0.05, 0.1) is 12.3 Å². The molecule has 1 aliphatic carbocycles. The van der Waals surface area contributed by atoms with Gasteiger partial charge in [-0.2, -0.15) is 5.10 Å². The summed E-state index contributed by atoms with van der Waals surface area (Å²) in [5.41, 5.74) is 2.01. The van der Waals surface area contributed by atoms with Crippen molar-refractivity contribution in [2.45, 2.75) is 51.0 Å². The zero-order valence-electron chi connectivity index (χ0n) is 16.6. The van der Waals surface area contributed by atoms with Crippen LogP contribution in [0.1, 0.15) is 50.5 Å². The van der Waals surface area contributed by atoms with Gasteiger partial charge < -0.3 is 4.90 Å². The summed E-state index contributed by atoms with van der Waals surface area (Å²) in [6.07, 6.45) is 6.61. The first kappa shape index (κ1) is 19.1.